The van der Waals surface area contributed by atoms with E-state index in [2.05, 4.69) is 10.3 Å². The molecule has 1 saturated carbocycles. The molecule has 134 valence electrons. The Morgan fingerprint density at radius 1 is 1.16 bits per heavy atom. The Morgan fingerprint density at radius 2 is 2.00 bits per heavy atom. The van der Waals surface area contributed by atoms with Gasteiger partial charge in [0.15, 0.2) is 11.5 Å². The Kier molecular flexibility index (Phi) is 5.89. The summed E-state index contributed by atoms with van der Waals surface area (Å²) in [5.41, 5.74) is 1.58. The van der Waals surface area contributed by atoms with E-state index in [1.165, 1.54) is 0 Å². The molecule has 0 unspecified atom stereocenters. The van der Waals surface area contributed by atoms with Crippen LogP contribution in [0.4, 0.5) is 0 Å². The third-order valence-corrected chi connectivity index (χ3v) is 4.66. The van der Waals surface area contributed by atoms with Crippen LogP contribution in [-0.4, -0.2) is 29.3 Å². The van der Waals surface area contributed by atoms with Crippen LogP contribution in [0.25, 0.3) is 0 Å². The highest BCUT2D eigenvalue weighted by molar-refractivity contribution is 5.43. The number of nitrogens with zero attached hydrogens (tertiary/aromatic N) is 1. The second-order valence-electron chi connectivity index (χ2n) is 6.67. The van der Waals surface area contributed by atoms with Gasteiger partial charge in [-0.1, -0.05) is 25.0 Å². The standard InChI is InChI=1S/C20H26N2O3/c1-24-18-7-6-16(12-22-15-20(23)8-2-3-9-20)11-19(18)25-14-17-5-4-10-21-13-17/h4-7,10-11,13,22-23H,2-3,8-9,12,14-15H2,1H3. The largest absolute Gasteiger partial charge is 0.493 e. The van der Waals surface area contributed by atoms with Crippen LogP contribution in [0.3, 0.4) is 0 Å². The Balaban J connectivity index is 1.59. The lowest BCUT2D eigenvalue weighted by Crippen LogP contribution is -2.37. The molecule has 2 N–H and O–H groups in total. The molecular weight excluding hydrogens is 316 g/mol. The summed E-state index contributed by atoms with van der Waals surface area (Å²) in [6, 6.07) is 9.79. The van der Waals surface area contributed by atoms with Crippen molar-refractivity contribution in [3.63, 3.8) is 0 Å². The van der Waals surface area contributed by atoms with Crippen LogP contribution in [0.2, 0.25) is 0 Å². The van der Waals surface area contributed by atoms with Crippen molar-refractivity contribution >= 4 is 0 Å². The lowest BCUT2D eigenvalue weighted by molar-refractivity contribution is 0.0475. The van der Waals surface area contributed by atoms with Gasteiger partial charge in [0.1, 0.15) is 6.61 Å². The van der Waals surface area contributed by atoms with Gasteiger partial charge >= 0.3 is 0 Å². The summed E-state index contributed by atoms with van der Waals surface area (Å²) in [5, 5.41) is 13.8. The predicted molar refractivity (Wildman–Crippen MR) is 96.7 cm³/mol. The minimum Gasteiger partial charge on any atom is -0.493 e. The van der Waals surface area contributed by atoms with E-state index in [4.69, 9.17) is 9.47 Å². The number of ether oxygens (including phenoxy) is 2. The second-order valence-corrected chi connectivity index (χ2v) is 6.67. The fourth-order valence-corrected chi connectivity index (χ4v) is 3.24. The maximum Gasteiger partial charge on any atom is 0.161 e. The van der Waals surface area contributed by atoms with E-state index in [9.17, 15) is 5.11 Å². The van der Waals surface area contributed by atoms with Crippen LogP contribution in [-0.2, 0) is 13.2 Å². The maximum absolute atomic E-state index is 10.4. The molecule has 0 radical (unpaired) electrons. The van der Waals surface area contributed by atoms with Gasteiger partial charge in [0.05, 0.1) is 12.7 Å². The molecule has 0 bridgehead atoms. The van der Waals surface area contributed by atoms with Crippen molar-refractivity contribution in [1.29, 1.82) is 0 Å². The highest BCUT2D eigenvalue weighted by Gasteiger charge is 2.30. The average Bonchev–Trinajstić information content (AvgIpc) is 3.07. The lowest BCUT2D eigenvalue weighted by Gasteiger charge is -2.22. The van der Waals surface area contributed by atoms with Crippen molar-refractivity contribution in [2.45, 2.75) is 44.4 Å². The van der Waals surface area contributed by atoms with Gasteiger partial charge in [-0.2, -0.15) is 0 Å². The molecule has 5 nitrogen and oxygen atoms in total. The second kappa shape index (κ2) is 8.32. The highest BCUT2D eigenvalue weighted by atomic mass is 16.5. The smallest absolute Gasteiger partial charge is 0.161 e. The summed E-state index contributed by atoms with van der Waals surface area (Å²) in [4.78, 5) is 4.10. The molecule has 25 heavy (non-hydrogen) atoms. The van der Waals surface area contributed by atoms with Gasteiger partial charge in [0.25, 0.3) is 0 Å². The van der Waals surface area contributed by atoms with Crippen molar-refractivity contribution in [2.75, 3.05) is 13.7 Å². The molecule has 0 atom stereocenters. The summed E-state index contributed by atoms with van der Waals surface area (Å²) in [6.07, 6.45) is 7.55. The van der Waals surface area contributed by atoms with Crippen molar-refractivity contribution in [2.24, 2.45) is 0 Å². The summed E-state index contributed by atoms with van der Waals surface area (Å²) in [6.45, 7) is 1.77. The number of hydrogen-bond acceptors (Lipinski definition) is 5. The quantitative estimate of drug-likeness (QED) is 0.772. The highest BCUT2D eigenvalue weighted by Crippen LogP contribution is 2.30. The van der Waals surface area contributed by atoms with E-state index in [1.54, 1.807) is 19.5 Å². The monoisotopic (exact) mass is 342 g/mol. The number of hydrogen-bond donors (Lipinski definition) is 2. The number of rotatable bonds is 8. The van der Waals surface area contributed by atoms with Crippen molar-refractivity contribution in [3.8, 4) is 11.5 Å². The van der Waals surface area contributed by atoms with Crippen molar-refractivity contribution in [3.05, 3.63) is 53.9 Å². The van der Waals surface area contributed by atoms with Crippen LogP contribution >= 0.6 is 0 Å². The molecule has 3 rings (SSSR count). The molecule has 0 spiro atoms. The lowest BCUT2D eigenvalue weighted by atomic mass is 10.0. The zero-order valence-corrected chi connectivity index (χ0v) is 14.7. The minimum absolute atomic E-state index is 0.445. The zero-order valence-electron chi connectivity index (χ0n) is 14.7. The van der Waals surface area contributed by atoms with E-state index < -0.39 is 5.60 Å². The van der Waals surface area contributed by atoms with Gasteiger partial charge in [0.2, 0.25) is 0 Å². The van der Waals surface area contributed by atoms with Crippen LogP contribution in [0.5, 0.6) is 11.5 Å². The van der Waals surface area contributed by atoms with E-state index in [-0.39, 0.29) is 0 Å². The Bertz CT molecular complexity index is 670. The van der Waals surface area contributed by atoms with Crippen molar-refractivity contribution < 1.29 is 14.6 Å². The van der Waals surface area contributed by atoms with E-state index in [1.807, 2.05) is 30.3 Å². The maximum atomic E-state index is 10.4. The molecule has 0 aliphatic heterocycles. The van der Waals surface area contributed by atoms with Gasteiger partial charge in [-0.25, -0.2) is 0 Å². The minimum atomic E-state index is -0.536. The summed E-state index contributed by atoms with van der Waals surface area (Å²) in [5.74, 6) is 1.42. The topological polar surface area (TPSA) is 63.6 Å². The molecule has 0 amide bonds. The third kappa shape index (κ3) is 4.94. The number of methoxy groups -OCH3 is 1. The molecule has 5 heteroatoms. The SMILES string of the molecule is COc1ccc(CNCC2(O)CCCC2)cc1OCc1cccnc1. The molecule has 2 aromatic rings. The number of aliphatic hydroxyl groups is 1. The molecule has 1 aromatic carbocycles. The van der Waals surface area contributed by atoms with Gasteiger partial charge < -0.3 is 19.9 Å². The first-order chi connectivity index (χ1) is 12.2. The van der Waals surface area contributed by atoms with E-state index >= 15 is 0 Å². The number of aromatic nitrogens is 1. The van der Waals surface area contributed by atoms with Gasteiger partial charge in [-0.15, -0.1) is 0 Å². The van der Waals surface area contributed by atoms with Gasteiger partial charge in [0, 0.05) is 31.0 Å². The van der Waals surface area contributed by atoms with Gasteiger partial charge in [-0.05, 0) is 36.6 Å². The van der Waals surface area contributed by atoms with Crippen LogP contribution in [0.1, 0.15) is 36.8 Å². The first-order valence-corrected chi connectivity index (χ1v) is 8.80. The molecule has 1 heterocycles. The number of nitrogens with one attached hydrogen (secondary N) is 1. The molecule has 1 aliphatic rings. The van der Waals surface area contributed by atoms with Gasteiger partial charge in [-0.3, -0.25) is 4.98 Å². The van der Waals surface area contributed by atoms with Crippen molar-refractivity contribution in [1.82, 2.24) is 10.3 Å². The number of pyridine rings is 1. The fraction of sp³-hybridized carbons (Fsp3) is 0.450. The Hall–Kier alpha value is -2.11. The molecule has 0 saturated heterocycles. The zero-order chi connectivity index (χ0) is 17.5. The third-order valence-electron chi connectivity index (χ3n) is 4.66. The Morgan fingerprint density at radius 3 is 2.72 bits per heavy atom. The predicted octanol–water partition coefficient (Wildman–Crippen LogP) is 3.06. The normalized spacial score (nSPS) is 15.9. The summed E-state index contributed by atoms with van der Waals surface area (Å²) >= 11 is 0. The van der Waals surface area contributed by atoms with E-state index in [0.717, 1.165) is 36.8 Å². The molecule has 1 aliphatic carbocycles. The number of benzene rings is 1. The molecule has 1 aromatic heterocycles. The Labute approximate surface area is 149 Å². The molecule has 1 fully saturated rings. The average molecular weight is 342 g/mol. The van der Waals surface area contributed by atoms with Crippen LogP contribution < -0.4 is 14.8 Å². The fourth-order valence-electron chi connectivity index (χ4n) is 3.24. The van der Waals surface area contributed by atoms with E-state index in [0.29, 0.717) is 31.2 Å². The molecular formula is C20H26N2O3. The summed E-state index contributed by atoms with van der Waals surface area (Å²) < 4.78 is 11.3. The van der Waals surface area contributed by atoms with Crippen LogP contribution in [0.15, 0.2) is 42.7 Å². The summed E-state index contributed by atoms with van der Waals surface area (Å²) in [7, 11) is 1.64. The first-order valence-electron chi connectivity index (χ1n) is 8.80. The first kappa shape index (κ1) is 17.7. The van der Waals surface area contributed by atoms with Crippen LogP contribution in [0, 0.1) is 0 Å².